The summed E-state index contributed by atoms with van der Waals surface area (Å²) < 4.78 is 0. The molecule has 0 radical (unpaired) electrons. The number of aryl methyl sites for hydroxylation is 1. The molecule has 2 aromatic rings. The summed E-state index contributed by atoms with van der Waals surface area (Å²) >= 11 is 1.43. The van der Waals surface area contributed by atoms with Crippen LogP contribution in [0.2, 0.25) is 0 Å². The van der Waals surface area contributed by atoms with Crippen molar-refractivity contribution in [1.82, 2.24) is 5.43 Å². The van der Waals surface area contributed by atoms with Crippen LogP contribution in [0.25, 0.3) is 0 Å². The molecule has 0 atom stereocenters. The minimum absolute atomic E-state index is 0.0625. The number of hydrogen-bond acceptors (Lipinski definition) is 5. The fourth-order valence-corrected chi connectivity index (χ4v) is 3.08. The highest BCUT2D eigenvalue weighted by molar-refractivity contribution is 7.99. The Balaban J connectivity index is 1.78. The molecule has 0 fully saturated rings. The molecule has 0 bridgehead atoms. The number of benzene rings is 2. The number of thioether (sulfide) groups is 1. The predicted molar refractivity (Wildman–Crippen MR) is 106 cm³/mol. The Labute approximate surface area is 156 Å². The highest BCUT2D eigenvalue weighted by Gasteiger charge is 2.05. The van der Waals surface area contributed by atoms with Crippen LogP contribution in [0.15, 0.2) is 41.5 Å². The number of carbonyl (C=O) groups is 1. The van der Waals surface area contributed by atoms with Crippen molar-refractivity contribution in [2.75, 3.05) is 5.75 Å². The van der Waals surface area contributed by atoms with E-state index in [-0.39, 0.29) is 17.3 Å². The van der Waals surface area contributed by atoms with Crippen LogP contribution in [-0.2, 0) is 10.5 Å². The SMILES string of the molecule is Cc1ccc(/C=N/NC(=O)CSCc2ccc([N+](=O)[O-])cc2)c(C)c1C. The van der Waals surface area contributed by atoms with Gasteiger partial charge in [0.25, 0.3) is 5.69 Å². The fourth-order valence-electron chi connectivity index (χ4n) is 2.30. The van der Waals surface area contributed by atoms with Crippen LogP contribution in [-0.4, -0.2) is 22.8 Å². The molecule has 2 aromatic carbocycles. The maximum atomic E-state index is 11.8. The van der Waals surface area contributed by atoms with Crippen LogP contribution in [0.5, 0.6) is 0 Å². The zero-order valence-corrected chi connectivity index (χ0v) is 15.8. The van der Waals surface area contributed by atoms with E-state index < -0.39 is 4.92 Å². The Morgan fingerprint density at radius 3 is 2.50 bits per heavy atom. The Hall–Kier alpha value is -2.67. The number of nitro benzene ring substituents is 1. The highest BCUT2D eigenvalue weighted by atomic mass is 32.2. The monoisotopic (exact) mass is 371 g/mol. The van der Waals surface area contributed by atoms with Crippen molar-refractivity contribution in [3.05, 3.63) is 74.3 Å². The third kappa shape index (κ3) is 5.42. The molecule has 136 valence electrons. The Bertz CT molecular complexity index is 833. The summed E-state index contributed by atoms with van der Waals surface area (Å²) in [6, 6.07) is 10.3. The third-order valence-electron chi connectivity index (χ3n) is 4.14. The van der Waals surface area contributed by atoms with Crippen molar-refractivity contribution in [2.24, 2.45) is 5.10 Å². The second-order valence-electron chi connectivity index (χ2n) is 5.93. The molecule has 1 N–H and O–H groups in total. The lowest BCUT2D eigenvalue weighted by Gasteiger charge is -2.07. The first-order valence-corrected chi connectivity index (χ1v) is 9.23. The molecule has 0 aliphatic carbocycles. The molecule has 0 aromatic heterocycles. The van der Waals surface area contributed by atoms with Gasteiger partial charge in [0.05, 0.1) is 16.9 Å². The number of nitro groups is 1. The summed E-state index contributed by atoms with van der Waals surface area (Å²) in [6.45, 7) is 6.16. The number of carbonyl (C=O) groups excluding carboxylic acids is 1. The Morgan fingerprint density at radius 2 is 1.85 bits per heavy atom. The zero-order valence-electron chi connectivity index (χ0n) is 15.0. The van der Waals surface area contributed by atoms with Crippen LogP contribution in [0.4, 0.5) is 5.69 Å². The topological polar surface area (TPSA) is 84.6 Å². The van der Waals surface area contributed by atoms with E-state index in [2.05, 4.69) is 24.4 Å². The lowest BCUT2D eigenvalue weighted by atomic mass is 10.00. The maximum Gasteiger partial charge on any atom is 0.269 e. The second-order valence-corrected chi connectivity index (χ2v) is 6.92. The third-order valence-corrected chi connectivity index (χ3v) is 5.15. The number of nitrogens with zero attached hydrogens (tertiary/aromatic N) is 2. The molecule has 1 amide bonds. The molecule has 26 heavy (non-hydrogen) atoms. The summed E-state index contributed by atoms with van der Waals surface area (Å²) in [7, 11) is 0. The first kappa shape index (κ1) is 19.7. The highest BCUT2D eigenvalue weighted by Crippen LogP contribution is 2.17. The largest absolute Gasteiger partial charge is 0.272 e. The van der Waals surface area contributed by atoms with Gasteiger partial charge in [-0.15, -0.1) is 11.8 Å². The molecule has 6 nitrogen and oxygen atoms in total. The van der Waals surface area contributed by atoms with Crippen molar-refractivity contribution in [1.29, 1.82) is 0 Å². The molecule has 0 saturated heterocycles. The van der Waals surface area contributed by atoms with E-state index in [0.717, 1.165) is 16.7 Å². The average molecular weight is 371 g/mol. The van der Waals surface area contributed by atoms with E-state index in [1.165, 1.54) is 35.0 Å². The van der Waals surface area contributed by atoms with Gasteiger partial charge in [0.1, 0.15) is 0 Å². The van der Waals surface area contributed by atoms with E-state index in [9.17, 15) is 14.9 Å². The van der Waals surface area contributed by atoms with E-state index in [0.29, 0.717) is 5.75 Å². The first-order valence-electron chi connectivity index (χ1n) is 8.08. The standard InChI is InChI=1S/C19H21N3O3S/c1-13-4-7-17(15(3)14(13)2)10-20-21-19(23)12-26-11-16-5-8-18(9-6-16)22(24)25/h4-10H,11-12H2,1-3H3,(H,21,23)/b20-10+. The minimum atomic E-state index is -0.431. The maximum absolute atomic E-state index is 11.8. The number of non-ortho nitro benzene ring substituents is 1. The molecular formula is C19H21N3O3S. The minimum Gasteiger partial charge on any atom is -0.272 e. The summed E-state index contributed by atoms with van der Waals surface area (Å²) in [5.74, 6) is 0.681. The van der Waals surface area contributed by atoms with Crippen LogP contribution in [0, 0.1) is 30.9 Å². The lowest BCUT2D eigenvalue weighted by Crippen LogP contribution is -2.19. The van der Waals surface area contributed by atoms with Gasteiger partial charge >= 0.3 is 0 Å². The van der Waals surface area contributed by atoms with E-state index in [4.69, 9.17) is 0 Å². The molecule has 0 aliphatic rings. The molecule has 0 saturated carbocycles. The van der Waals surface area contributed by atoms with Gasteiger partial charge in [0.2, 0.25) is 5.91 Å². The van der Waals surface area contributed by atoms with E-state index in [1.54, 1.807) is 18.3 Å². The zero-order chi connectivity index (χ0) is 19.1. The van der Waals surface area contributed by atoms with Crippen LogP contribution >= 0.6 is 11.8 Å². The quantitative estimate of drug-likeness (QED) is 0.454. The van der Waals surface area contributed by atoms with Gasteiger partial charge in [0.15, 0.2) is 0 Å². The first-order chi connectivity index (χ1) is 12.4. The molecule has 2 rings (SSSR count). The molecule has 0 heterocycles. The second kappa shape index (κ2) is 9.15. The number of rotatable bonds is 7. The number of nitrogens with one attached hydrogen (secondary N) is 1. The van der Waals surface area contributed by atoms with Gasteiger partial charge in [-0.1, -0.05) is 24.3 Å². The Morgan fingerprint density at radius 1 is 1.15 bits per heavy atom. The summed E-state index contributed by atoms with van der Waals surface area (Å²) in [5, 5.41) is 14.6. The van der Waals surface area contributed by atoms with Crippen molar-refractivity contribution < 1.29 is 9.72 Å². The van der Waals surface area contributed by atoms with Crippen molar-refractivity contribution >= 4 is 29.6 Å². The smallest absolute Gasteiger partial charge is 0.269 e. The molecule has 0 aliphatic heterocycles. The molecular weight excluding hydrogens is 350 g/mol. The van der Waals surface area contributed by atoms with Crippen LogP contribution < -0.4 is 5.43 Å². The number of amides is 1. The molecule has 0 unspecified atom stereocenters. The molecule has 0 spiro atoms. The fraction of sp³-hybridized carbons (Fsp3) is 0.263. The predicted octanol–water partition coefficient (Wildman–Crippen LogP) is 3.90. The van der Waals surface area contributed by atoms with Crippen LogP contribution in [0.1, 0.15) is 27.8 Å². The Kier molecular flexibility index (Phi) is 6.91. The van der Waals surface area contributed by atoms with Crippen molar-refractivity contribution in [3.63, 3.8) is 0 Å². The normalized spacial score (nSPS) is 10.9. The van der Waals surface area contributed by atoms with Gasteiger partial charge in [-0.05, 0) is 48.6 Å². The summed E-state index contributed by atoms with van der Waals surface area (Å²) in [6.07, 6.45) is 1.65. The van der Waals surface area contributed by atoms with E-state index in [1.807, 2.05) is 19.1 Å². The summed E-state index contributed by atoms with van der Waals surface area (Å²) in [4.78, 5) is 22.0. The van der Waals surface area contributed by atoms with Gasteiger partial charge in [-0.2, -0.15) is 5.10 Å². The lowest BCUT2D eigenvalue weighted by molar-refractivity contribution is -0.384. The van der Waals surface area contributed by atoms with Crippen LogP contribution in [0.3, 0.4) is 0 Å². The van der Waals surface area contributed by atoms with E-state index >= 15 is 0 Å². The van der Waals surface area contributed by atoms with Crippen molar-refractivity contribution in [2.45, 2.75) is 26.5 Å². The molecule has 7 heteroatoms. The van der Waals surface area contributed by atoms with Gasteiger partial charge < -0.3 is 0 Å². The average Bonchev–Trinajstić information content (AvgIpc) is 2.62. The van der Waals surface area contributed by atoms with Gasteiger partial charge in [0, 0.05) is 17.9 Å². The number of hydrazone groups is 1. The van der Waals surface area contributed by atoms with Gasteiger partial charge in [-0.25, -0.2) is 5.43 Å². The van der Waals surface area contributed by atoms with Crippen molar-refractivity contribution in [3.8, 4) is 0 Å². The number of hydrogen-bond donors (Lipinski definition) is 1. The summed E-state index contributed by atoms with van der Waals surface area (Å²) in [5.41, 5.74) is 8.10. The van der Waals surface area contributed by atoms with Gasteiger partial charge in [-0.3, -0.25) is 14.9 Å².